The molecule has 0 radical (unpaired) electrons. The summed E-state index contributed by atoms with van der Waals surface area (Å²) < 4.78 is 28.2. The lowest BCUT2D eigenvalue weighted by atomic mass is 10.1. The monoisotopic (exact) mass is 314 g/mol. The Hall–Kier alpha value is -1.38. The molecule has 0 bridgehead atoms. The van der Waals surface area contributed by atoms with Gasteiger partial charge in [-0.15, -0.1) is 0 Å². The van der Waals surface area contributed by atoms with E-state index in [1.807, 2.05) is 0 Å². The zero-order chi connectivity index (χ0) is 15.6. The van der Waals surface area contributed by atoms with E-state index >= 15 is 0 Å². The fourth-order valence-electron chi connectivity index (χ4n) is 2.65. The Labute approximate surface area is 125 Å². The van der Waals surface area contributed by atoms with Crippen LogP contribution in [0.3, 0.4) is 0 Å². The fourth-order valence-corrected chi connectivity index (χ4v) is 4.13. The third-order valence-corrected chi connectivity index (χ3v) is 5.84. The van der Waals surface area contributed by atoms with E-state index in [1.54, 1.807) is 14.1 Å². The molecule has 3 N–H and O–H groups in total. The topological polar surface area (TPSA) is 97.4 Å². The van der Waals surface area contributed by atoms with E-state index in [2.05, 4.69) is 5.32 Å². The van der Waals surface area contributed by atoms with Gasteiger partial charge in [0.2, 0.25) is 10.0 Å². The number of carbonyl (C=O) groups excluding carboxylic acids is 1. The van der Waals surface area contributed by atoms with Gasteiger partial charge in [0.1, 0.15) is 10.6 Å². The molecule has 1 saturated heterocycles. The van der Waals surface area contributed by atoms with Crippen molar-refractivity contribution in [2.75, 3.05) is 20.1 Å². The summed E-state index contributed by atoms with van der Waals surface area (Å²) in [5.41, 5.74) is 5.42. The number of hydrogen-bond acceptors (Lipinski definition) is 4. The average Bonchev–Trinajstić information content (AvgIpc) is 2.65. The predicted octanol–water partition coefficient (Wildman–Crippen LogP) is -0.113. The number of aromatic nitrogens is 1. The molecule has 1 aliphatic rings. The smallest absolute Gasteiger partial charge is 0.265 e. The average molecular weight is 314 g/mol. The van der Waals surface area contributed by atoms with Gasteiger partial charge in [0, 0.05) is 26.3 Å². The van der Waals surface area contributed by atoms with Crippen LogP contribution in [0.2, 0.25) is 0 Å². The lowest BCUT2D eigenvalue weighted by Gasteiger charge is -2.25. The first-order chi connectivity index (χ1) is 9.84. The van der Waals surface area contributed by atoms with Gasteiger partial charge in [0.05, 0.1) is 0 Å². The van der Waals surface area contributed by atoms with E-state index in [0.29, 0.717) is 0 Å². The summed E-state index contributed by atoms with van der Waals surface area (Å²) >= 11 is 0. The molecule has 7 nitrogen and oxygen atoms in total. The molecule has 1 aromatic rings. The van der Waals surface area contributed by atoms with Crippen LogP contribution in [0, 0.1) is 0 Å². The maximum atomic E-state index is 12.7. The molecule has 1 aliphatic heterocycles. The fraction of sp³-hybridized carbons (Fsp3) is 0.615. The van der Waals surface area contributed by atoms with Gasteiger partial charge in [0.25, 0.3) is 5.91 Å². The van der Waals surface area contributed by atoms with Gasteiger partial charge >= 0.3 is 0 Å². The molecule has 1 amide bonds. The number of nitrogens with one attached hydrogen (secondary N) is 1. The van der Waals surface area contributed by atoms with Crippen molar-refractivity contribution >= 4 is 15.9 Å². The highest BCUT2D eigenvalue weighted by atomic mass is 32.2. The second-order valence-electron chi connectivity index (χ2n) is 5.39. The van der Waals surface area contributed by atoms with Gasteiger partial charge in [0.15, 0.2) is 0 Å². The minimum absolute atomic E-state index is 0.0257. The lowest BCUT2D eigenvalue weighted by Crippen LogP contribution is -2.37. The quantitative estimate of drug-likeness (QED) is 0.810. The minimum atomic E-state index is -3.61. The highest BCUT2D eigenvalue weighted by Crippen LogP contribution is 2.22. The van der Waals surface area contributed by atoms with Crippen LogP contribution in [0.1, 0.15) is 29.8 Å². The van der Waals surface area contributed by atoms with Gasteiger partial charge in [-0.1, -0.05) is 0 Å². The van der Waals surface area contributed by atoms with Crippen molar-refractivity contribution in [1.29, 1.82) is 0 Å². The van der Waals surface area contributed by atoms with Crippen LogP contribution in [0.15, 0.2) is 17.2 Å². The molecule has 2 heterocycles. The largest absolute Gasteiger partial charge is 0.364 e. The summed E-state index contributed by atoms with van der Waals surface area (Å²) in [4.78, 5) is 11.4. The van der Waals surface area contributed by atoms with Crippen molar-refractivity contribution in [3.63, 3.8) is 0 Å². The lowest BCUT2D eigenvalue weighted by molar-refractivity contribution is 0.0992. The minimum Gasteiger partial charge on any atom is -0.364 e. The summed E-state index contributed by atoms with van der Waals surface area (Å²) in [6.45, 7) is 1.73. The zero-order valence-corrected chi connectivity index (χ0v) is 13.2. The van der Waals surface area contributed by atoms with Crippen LogP contribution >= 0.6 is 0 Å². The van der Waals surface area contributed by atoms with Gasteiger partial charge in [-0.3, -0.25) is 4.79 Å². The highest BCUT2D eigenvalue weighted by Gasteiger charge is 2.30. The molecule has 1 aromatic heterocycles. The van der Waals surface area contributed by atoms with Crippen molar-refractivity contribution in [1.82, 2.24) is 14.2 Å². The number of carbonyl (C=O) groups is 1. The van der Waals surface area contributed by atoms with Crippen molar-refractivity contribution in [3.05, 3.63) is 18.0 Å². The van der Waals surface area contributed by atoms with Crippen molar-refractivity contribution in [2.45, 2.75) is 30.2 Å². The van der Waals surface area contributed by atoms with Crippen molar-refractivity contribution < 1.29 is 13.2 Å². The number of nitrogens with zero attached hydrogens (tertiary/aromatic N) is 2. The summed E-state index contributed by atoms with van der Waals surface area (Å²) in [7, 11) is -0.408. The second-order valence-corrected chi connectivity index (χ2v) is 7.39. The van der Waals surface area contributed by atoms with Crippen LogP contribution in [-0.2, 0) is 17.1 Å². The van der Waals surface area contributed by atoms with E-state index in [-0.39, 0.29) is 16.6 Å². The molecular weight excluding hydrogens is 292 g/mol. The molecule has 1 fully saturated rings. The van der Waals surface area contributed by atoms with Crippen LogP contribution < -0.4 is 11.1 Å². The first-order valence-corrected chi connectivity index (χ1v) is 8.43. The maximum absolute atomic E-state index is 12.7. The molecular formula is C13H22N4O3S. The Balaban J connectivity index is 2.28. The SMILES string of the molecule is CN(C1CCCNCC1)S(=O)(=O)c1cc(C(N)=O)n(C)c1. The number of primary amides is 1. The normalized spacial score (nSPS) is 20.4. The molecule has 2 rings (SSSR count). The Morgan fingerprint density at radius 1 is 1.43 bits per heavy atom. The van der Waals surface area contributed by atoms with E-state index in [1.165, 1.54) is 21.1 Å². The number of amides is 1. The van der Waals surface area contributed by atoms with Gasteiger partial charge in [-0.2, -0.15) is 4.31 Å². The Morgan fingerprint density at radius 3 is 2.76 bits per heavy atom. The molecule has 1 atom stereocenters. The van der Waals surface area contributed by atoms with E-state index in [0.717, 1.165) is 32.4 Å². The number of aryl methyl sites for hydroxylation is 1. The van der Waals surface area contributed by atoms with Crippen LogP contribution in [-0.4, -0.2) is 49.4 Å². The van der Waals surface area contributed by atoms with Crippen LogP contribution in [0.25, 0.3) is 0 Å². The van der Waals surface area contributed by atoms with Gasteiger partial charge < -0.3 is 15.6 Å². The van der Waals surface area contributed by atoms with Crippen molar-refractivity contribution in [3.8, 4) is 0 Å². The van der Waals surface area contributed by atoms with E-state index in [9.17, 15) is 13.2 Å². The zero-order valence-electron chi connectivity index (χ0n) is 12.4. The first-order valence-electron chi connectivity index (χ1n) is 6.99. The predicted molar refractivity (Wildman–Crippen MR) is 79.4 cm³/mol. The Bertz CT molecular complexity index is 615. The number of nitrogens with two attached hydrogens (primary N) is 1. The van der Waals surface area contributed by atoms with Gasteiger partial charge in [-0.05, 0) is 38.4 Å². The van der Waals surface area contributed by atoms with E-state index < -0.39 is 15.9 Å². The van der Waals surface area contributed by atoms with Crippen LogP contribution in [0.5, 0.6) is 0 Å². The number of hydrogen-bond donors (Lipinski definition) is 2. The molecule has 0 aromatic carbocycles. The summed E-state index contributed by atoms with van der Waals surface area (Å²) in [5.74, 6) is -0.639. The van der Waals surface area contributed by atoms with Crippen LogP contribution in [0.4, 0.5) is 0 Å². The Morgan fingerprint density at radius 2 is 2.14 bits per heavy atom. The highest BCUT2D eigenvalue weighted by molar-refractivity contribution is 7.89. The number of rotatable bonds is 4. The molecule has 1 unspecified atom stereocenters. The van der Waals surface area contributed by atoms with Crippen molar-refractivity contribution in [2.24, 2.45) is 12.8 Å². The van der Waals surface area contributed by atoms with Gasteiger partial charge in [-0.25, -0.2) is 8.42 Å². The first kappa shape index (κ1) is 16.0. The van der Waals surface area contributed by atoms with E-state index in [4.69, 9.17) is 5.73 Å². The second kappa shape index (κ2) is 6.17. The maximum Gasteiger partial charge on any atom is 0.265 e. The summed E-state index contributed by atoms with van der Waals surface area (Å²) in [6.07, 6.45) is 4.00. The Kier molecular flexibility index (Phi) is 4.70. The molecule has 0 saturated carbocycles. The number of sulfonamides is 1. The molecule has 0 aliphatic carbocycles. The summed E-state index contributed by atoms with van der Waals surface area (Å²) in [5, 5.41) is 3.26. The third kappa shape index (κ3) is 3.28. The summed E-state index contributed by atoms with van der Waals surface area (Å²) in [6, 6.07) is 1.31. The molecule has 21 heavy (non-hydrogen) atoms. The third-order valence-electron chi connectivity index (χ3n) is 3.97. The standard InChI is InChI=1S/C13H22N4O3S/c1-16-9-11(8-12(16)13(14)18)21(19,20)17(2)10-4-3-6-15-7-5-10/h8-10,15H,3-7H2,1-2H3,(H2,14,18). The molecule has 8 heteroatoms. The molecule has 118 valence electrons. The molecule has 0 spiro atoms.